The Balaban J connectivity index is 1.68. The summed E-state index contributed by atoms with van der Waals surface area (Å²) in [7, 11) is 5.58. The predicted octanol–water partition coefficient (Wildman–Crippen LogP) is 2.15. The van der Waals surface area contributed by atoms with Crippen molar-refractivity contribution in [3.8, 4) is 11.4 Å². The minimum absolute atomic E-state index is 0.481. The second-order valence-electron chi connectivity index (χ2n) is 6.87. The fraction of sp³-hybridized carbons (Fsp3) is 0.368. The normalized spacial score (nSPS) is 13.9. The average molecular weight is 380 g/mol. The maximum absolute atomic E-state index is 5.51. The topological polar surface area (TPSA) is 93.0 Å². The molecule has 2 N–H and O–H groups in total. The molecule has 4 rings (SSSR count). The van der Waals surface area contributed by atoms with E-state index in [0.29, 0.717) is 17.5 Å². The number of hydrogen-bond acceptors (Lipinski definition) is 8. The van der Waals surface area contributed by atoms with Crippen LogP contribution >= 0.6 is 0 Å². The number of rotatable bonds is 5. The molecule has 3 aromatic heterocycles. The molecule has 0 bridgehead atoms. The Morgan fingerprint density at radius 3 is 2.82 bits per heavy atom. The number of methoxy groups -OCH3 is 1. The number of aromatic nitrogens is 5. The van der Waals surface area contributed by atoms with E-state index in [4.69, 9.17) is 9.84 Å². The molecule has 0 atom stereocenters. The predicted molar refractivity (Wildman–Crippen MR) is 108 cm³/mol. The molecule has 0 radical (unpaired) electrons. The van der Waals surface area contributed by atoms with Crippen LogP contribution in [0, 0.1) is 6.92 Å². The Morgan fingerprint density at radius 1 is 1.18 bits per heavy atom. The molecule has 0 amide bonds. The van der Waals surface area contributed by atoms with Crippen LogP contribution in [0.1, 0.15) is 17.0 Å². The van der Waals surface area contributed by atoms with Gasteiger partial charge >= 0.3 is 0 Å². The molecular weight excluding hydrogens is 356 g/mol. The highest BCUT2D eigenvalue weighted by molar-refractivity contribution is 5.58. The zero-order valence-corrected chi connectivity index (χ0v) is 16.5. The lowest BCUT2D eigenvalue weighted by Gasteiger charge is -2.20. The smallest absolute Gasteiger partial charge is 0.230 e. The quantitative estimate of drug-likeness (QED) is 0.696. The lowest BCUT2D eigenvalue weighted by molar-refractivity contribution is 0.311. The second kappa shape index (κ2) is 7.43. The van der Waals surface area contributed by atoms with Gasteiger partial charge in [-0.3, -0.25) is 0 Å². The zero-order chi connectivity index (χ0) is 19.7. The van der Waals surface area contributed by atoms with E-state index in [1.54, 1.807) is 13.3 Å². The highest BCUT2D eigenvalue weighted by Crippen LogP contribution is 2.27. The summed E-state index contributed by atoms with van der Waals surface area (Å²) in [4.78, 5) is 15.6. The standard InChI is InChI=1S/C19H24N8O/c1-12-7-17(20-2)23-19(22-12)24-18-8-15(16(28-4)9-21-18)27-11-13-10-26(3)6-5-14(13)25-27/h7-9,11H,5-6,10H2,1-4H3,(H2,20,21,22,23,24). The number of ether oxygens (including phenoxy) is 1. The van der Waals surface area contributed by atoms with E-state index in [-0.39, 0.29) is 0 Å². The molecule has 28 heavy (non-hydrogen) atoms. The first-order valence-corrected chi connectivity index (χ1v) is 9.16. The van der Waals surface area contributed by atoms with E-state index in [1.807, 2.05) is 30.8 Å². The van der Waals surface area contributed by atoms with Crippen molar-refractivity contribution in [1.29, 1.82) is 0 Å². The molecule has 0 aromatic carbocycles. The van der Waals surface area contributed by atoms with E-state index >= 15 is 0 Å². The summed E-state index contributed by atoms with van der Waals surface area (Å²) >= 11 is 0. The molecule has 4 heterocycles. The number of likely N-dealkylation sites (N-methyl/N-ethyl adjacent to an activating group) is 1. The van der Waals surface area contributed by atoms with Crippen molar-refractivity contribution in [3.05, 3.63) is 41.5 Å². The number of anilines is 3. The van der Waals surface area contributed by atoms with Gasteiger partial charge in [-0.2, -0.15) is 10.1 Å². The maximum Gasteiger partial charge on any atom is 0.230 e. The molecule has 0 unspecified atom stereocenters. The second-order valence-corrected chi connectivity index (χ2v) is 6.87. The van der Waals surface area contributed by atoms with Gasteiger partial charge in [0.15, 0.2) is 5.75 Å². The van der Waals surface area contributed by atoms with Crippen molar-refractivity contribution in [2.24, 2.45) is 0 Å². The Labute approximate surface area is 163 Å². The van der Waals surface area contributed by atoms with Gasteiger partial charge in [0.1, 0.15) is 17.3 Å². The van der Waals surface area contributed by atoms with E-state index < -0.39 is 0 Å². The average Bonchev–Trinajstić information content (AvgIpc) is 3.10. The van der Waals surface area contributed by atoms with E-state index in [1.165, 1.54) is 5.56 Å². The molecule has 0 spiro atoms. The molecular formula is C19H24N8O. The van der Waals surface area contributed by atoms with Crippen molar-refractivity contribution < 1.29 is 4.74 Å². The summed E-state index contributed by atoms with van der Waals surface area (Å²) in [5.41, 5.74) is 4.05. The summed E-state index contributed by atoms with van der Waals surface area (Å²) < 4.78 is 7.38. The van der Waals surface area contributed by atoms with Gasteiger partial charge in [0.05, 0.1) is 19.0 Å². The van der Waals surface area contributed by atoms with Gasteiger partial charge in [0.2, 0.25) is 5.95 Å². The third kappa shape index (κ3) is 3.61. The lowest BCUT2D eigenvalue weighted by Crippen LogP contribution is -2.25. The van der Waals surface area contributed by atoms with Crippen LogP contribution in [0.4, 0.5) is 17.6 Å². The molecule has 0 saturated carbocycles. The van der Waals surface area contributed by atoms with Gasteiger partial charge in [-0.05, 0) is 14.0 Å². The SMILES string of the molecule is CNc1cc(C)nc(Nc2cc(-n3cc4c(n3)CCN(C)C4)c(OC)cn2)n1. The lowest BCUT2D eigenvalue weighted by atomic mass is 10.1. The van der Waals surface area contributed by atoms with E-state index in [9.17, 15) is 0 Å². The summed E-state index contributed by atoms with van der Waals surface area (Å²) in [5.74, 6) is 2.50. The van der Waals surface area contributed by atoms with Crippen LogP contribution in [0.5, 0.6) is 5.75 Å². The third-order valence-electron chi connectivity index (χ3n) is 4.71. The van der Waals surface area contributed by atoms with Gasteiger partial charge in [0.25, 0.3) is 0 Å². The van der Waals surface area contributed by atoms with Crippen LogP contribution < -0.4 is 15.4 Å². The van der Waals surface area contributed by atoms with E-state index in [0.717, 1.165) is 42.4 Å². The van der Waals surface area contributed by atoms with Gasteiger partial charge in [-0.1, -0.05) is 0 Å². The zero-order valence-electron chi connectivity index (χ0n) is 16.5. The summed E-state index contributed by atoms with van der Waals surface area (Å²) in [6, 6.07) is 3.77. The number of aryl methyl sites for hydroxylation is 1. The Morgan fingerprint density at radius 2 is 2.04 bits per heavy atom. The molecule has 0 saturated heterocycles. The molecule has 0 aliphatic carbocycles. The molecule has 0 fully saturated rings. The van der Waals surface area contributed by atoms with Crippen molar-refractivity contribution in [2.45, 2.75) is 19.9 Å². The highest BCUT2D eigenvalue weighted by atomic mass is 16.5. The van der Waals surface area contributed by atoms with Crippen LogP contribution in [0.3, 0.4) is 0 Å². The first kappa shape index (κ1) is 18.2. The maximum atomic E-state index is 5.51. The molecule has 3 aromatic rings. The van der Waals surface area contributed by atoms with Crippen LogP contribution in [-0.2, 0) is 13.0 Å². The van der Waals surface area contributed by atoms with E-state index in [2.05, 4.69) is 43.7 Å². The number of fused-ring (bicyclic) bond motifs is 1. The van der Waals surface area contributed by atoms with Crippen LogP contribution in [0.15, 0.2) is 24.5 Å². The van der Waals surface area contributed by atoms with Crippen LogP contribution in [0.2, 0.25) is 0 Å². The third-order valence-corrected chi connectivity index (χ3v) is 4.71. The molecule has 9 nitrogen and oxygen atoms in total. The Bertz CT molecular complexity index is 1000. The van der Waals surface area contributed by atoms with Crippen LogP contribution in [-0.4, -0.2) is 57.4 Å². The van der Waals surface area contributed by atoms with Gasteiger partial charge in [0, 0.05) is 56.1 Å². The first-order chi connectivity index (χ1) is 13.6. The largest absolute Gasteiger partial charge is 0.493 e. The summed E-state index contributed by atoms with van der Waals surface area (Å²) in [5, 5.41) is 11.0. The molecule has 1 aliphatic rings. The monoisotopic (exact) mass is 380 g/mol. The van der Waals surface area contributed by atoms with Crippen molar-refractivity contribution in [3.63, 3.8) is 0 Å². The van der Waals surface area contributed by atoms with Crippen molar-refractivity contribution in [1.82, 2.24) is 29.6 Å². The van der Waals surface area contributed by atoms with Gasteiger partial charge in [-0.25, -0.2) is 14.6 Å². The molecule has 9 heteroatoms. The number of nitrogens with zero attached hydrogens (tertiary/aromatic N) is 6. The van der Waals surface area contributed by atoms with Gasteiger partial charge in [-0.15, -0.1) is 0 Å². The fourth-order valence-corrected chi connectivity index (χ4v) is 3.28. The Kier molecular flexibility index (Phi) is 4.82. The summed E-state index contributed by atoms with van der Waals surface area (Å²) in [6.07, 6.45) is 4.69. The van der Waals surface area contributed by atoms with Crippen LogP contribution in [0.25, 0.3) is 5.69 Å². The number of nitrogens with one attached hydrogen (secondary N) is 2. The Hall–Kier alpha value is -3.20. The molecule has 1 aliphatic heterocycles. The number of hydrogen-bond donors (Lipinski definition) is 2. The van der Waals surface area contributed by atoms with Crippen molar-refractivity contribution >= 4 is 17.6 Å². The first-order valence-electron chi connectivity index (χ1n) is 9.16. The summed E-state index contributed by atoms with van der Waals surface area (Å²) in [6.45, 7) is 3.84. The minimum Gasteiger partial charge on any atom is -0.493 e. The fourth-order valence-electron chi connectivity index (χ4n) is 3.28. The van der Waals surface area contributed by atoms with Crippen molar-refractivity contribution in [2.75, 3.05) is 38.4 Å². The molecule has 146 valence electrons. The van der Waals surface area contributed by atoms with Gasteiger partial charge < -0.3 is 20.3 Å². The minimum atomic E-state index is 0.481. The number of pyridine rings is 1. The highest BCUT2D eigenvalue weighted by Gasteiger charge is 2.19.